The Labute approximate surface area is 129 Å². The lowest BCUT2D eigenvalue weighted by molar-refractivity contribution is -0.135. The van der Waals surface area contributed by atoms with Gasteiger partial charge in [0, 0.05) is 4.88 Å². The van der Waals surface area contributed by atoms with Crippen LogP contribution in [0.15, 0.2) is 47.8 Å². The molecule has 112 valence electrons. The highest BCUT2D eigenvalue weighted by atomic mass is 32.1. The van der Waals surface area contributed by atoms with E-state index >= 15 is 0 Å². The van der Waals surface area contributed by atoms with Crippen LogP contribution in [-0.4, -0.2) is 23.1 Å². The number of cyclic esters (lactones) is 2. The second kappa shape index (κ2) is 5.98. The molecular weight excluding hydrogens is 306 g/mol. The van der Waals surface area contributed by atoms with E-state index in [0.29, 0.717) is 9.78 Å². The molecule has 1 aliphatic rings. The Bertz CT molecular complexity index is 698. The molecule has 1 aromatic carbocycles. The van der Waals surface area contributed by atoms with Crippen molar-refractivity contribution in [1.82, 2.24) is 4.90 Å². The molecule has 0 spiro atoms. The monoisotopic (exact) mass is 317 g/mol. The van der Waals surface area contributed by atoms with Crippen LogP contribution in [0.2, 0.25) is 0 Å². The number of carbonyl (C=O) groups is 3. The average molecular weight is 317 g/mol. The lowest BCUT2D eigenvalue weighted by Crippen LogP contribution is -2.34. The Kier molecular flexibility index (Phi) is 3.88. The normalized spacial score (nSPS) is 17.5. The van der Waals surface area contributed by atoms with Crippen LogP contribution in [0.5, 0.6) is 0 Å². The van der Waals surface area contributed by atoms with Crippen LogP contribution in [-0.2, 0) is 20.9 Å². The Morgan fingerprint density at radius 1 is 1.18 bits per heavy atom. The number of amides is 2. The average Bonchev–Trinajstić information content (AvgIpc) is 3.13. The number of ether oxygens (including phenoxy) is 2. The maximum Gasteiger partial charge on any atom is 0.428 e. The molecule has 0 saturated carbocycles. The van der Waals surface area contributed by atoms with Gasteiger partial charge in [-0.3, -0.25) is 0 Å². The fourth-order valence-electron chi connectivity index (χ4n) is 2.06. The van der Waals surface area contributed by atoms with Gasteiger partial charge in [-0.1, -0.05) is 36.4 Å². The molecule has 6 nitrogen and oxygen atoms in total. The lowest BCUT2D eigenvalue weighted by atomic mass is 10.2. The number of benzene rings is 1. The minimum Gasteiger partial charge on any atom is -0.444 e. The van der Waals surface area contributed by atoms with E-state index in [1.165, 1.54) is 11.3 Å². The van der Waals surface area contributed by atoms with E-state index in [1.54, 1.807) is 29.6 Å². The Balaban J connectivity index is 1.75. The molecular formula is C15H11NO5S. The molecule has 3 rings (SSSR count). The van der Waals surface area contributed by atoms with Gasteiger partial charge in [0.1, 0.15) is 6.61 Å². The zero-order chi connectivity index (χ0) is 15.5. The lowest BCUT2D eigenvalue weighted by Gasteiger charge is -2.16. The van der Waals surface area contributed by atoms with E-state index < -0.39 is 24.2 Å². The molecule has 1 aliphatic heterocycles. The van der Waals surface area contributed by atoms with Gasteiger partial charge in [0.15, 0.2) is 6.04 Å². The van der Waals surface area contributed by atoms with Gasteiger partial charge in [0.2, 0.25) is 0 Å². The van der Waals surface area contributed by atoms with Gasteiger partial charge in [-0.05, 0) is 17.0 Å². The van der Waals surface area contributed by atoms with Crippen LogP contribution in [0, 0.1) is 0 Å². The number of nitrogens with zero attached hydrogens (tertiary/aromatic N) is 1. The molecule has 0 N–H and O–H groups in total. The number of thiophene rings is 1. The number of hydrogen-bond donors (Lipinski definition) is 0. The first kappa shape index (κ1) is 14.3. The minimum absolute atomic E-state index is 0.00873. The Hall–Kier alpha value is -2.67. The van der Waals surface area contributed by atoms with Crippen molar-refractivity contribution in [2.75, 3.05) is 0 Å². The summed E-state index contributed by atoms with van der Waals surface area (Å²) in [4.78, 5) is 36.9. The van der Waals surface area contributed by atoms with Crippen LogP contribution >= 0.6 is 11.3 Å². The molecule has 1 unspecified atom stereocenters. The maximum absolute atomic E-state index is 12.1. The largest absolute Gasteiger partial charge is 0.444 e. The van der Waals surface area contributed by atoms with Gasteiger partial charge >= 0.3 is 18.2 Å². The third-order valence-corrected chi connectivity index (χ3v) is 4.01. The summed E-state index contributed by atoms with van der Waals surface area (Å²) in [5.74, 6) is -0.774. The molecule has 0 bridgehead atoms. The van der Waals surface area contributed by atoms with Crippen molar-refractivity contribution in [3.05, 3.63) is 58.3 Å². The van der Waals surface area contributed by atoms with E-state index in [4.69, 9.17) is 4.74 Å². The summed E-state index contributed by atoms with van der Waals surface area (Å²) < 4.78 is 9.63. The van der Waals surface area contributed by atoms with Crippen LogP contribution in [0.3, 0.4) is 0 Å². The van der Waals surface area contributed by atoms with Crippen LogP contribution in [0.4, 0.5) is 9.59 Å². The molecule has 2 amide bonds. The molecule has 0 radical (unpaired) electrons. The number of hydrogen-bond acceptors (Lipinski definition) is 6. The molecule has 22 heavy (non-hydrogen) atoms. The summed E-state index contributed by atoms with van der Waals surface area (Å²) in [5.41, 5.74) is 0.780. The quantitative estimate of drug-likeness (QED) is 0.642. The van der Waals surface area contributed by atoms with Gasteiger partial charge in [-0.25, -0.2) is 14.4 Å². The van der Waals surface area contributed by atoms with Crippen LogP contribution in [0.1, 0.15) is 16.5 Å². The third-order valence-electron chi connectivity index (χ3n) is 3.08. The number of rotatable bonds is 3. The van der Waals surface area contributed by atoms with Gasteiger partial charge in [-0.15, -0.1) is 11.3 Å². The van der Waals surface area contributed by atoms with Crippen molar-refractivity contribution in [3.63, 3.8) is 0 Å². The van der Waals surface area contributed by atoms with E-state index in [2.05, 4.69) is 4.74 Å². The fourth-order valence-corrected chi connectivity index (χ4v) is 2.86. The number of imide groups is 1. The van der Waals surface area contributed by atoms with Gasteiger partial charge in [0.05, 0.1) is 0 Å². The standard InChI is InChI=1S/C15H11NO5S/c17-13-12(11-7-4-8-22-11)16(15(19)21-13)14(18)20-9-10-5-2-1-3-6-10/h1-8,12H,9H2. The second-order valence-electron chi connectivity index (χ2n) is 4.52. The molecule has 1 fully saturated rings. The topological polar surface area (TPSA) is 72.9 Å². The highest BCUT2D eigenvalue weighted by Gasteiger charge is 2.47. The van der Waals surface area contributed by atoms with E-state index in [-0.39, 0.29) is 6.61 Å². The predicted octanol–water partition coefficient (Wildman–Crippen LogP) is 3.10. The number of carbonyl (C=O) groups excluding carboxylic acids is 3. The Morgan fingerprint density at radius 3 is 2.64 bits per heavy atom. The zero-order valence-electron chi connectivity index (χ0n) is 11.3. The fraction of sp³-hybridized carbons (Fsp3) is 0.133. The highest BCUT2D eigenvalue weighted by Crippen LogP contribution is 2.32. The molecule has 2 heterocycles. The molecule has 1 atom stereocenters. The van der Waals surface area contributed by atoms with Gasteiger partial charge in [-0.2, -0.15) is 4.90 Å². The Morgan fingerprint density at radius 2 is 1.95 bits per heavy atom. The second-order valence-corrected chi connectivity index (χ2v) is 5.49. The van der Waals surface area contributed by atoms with Gasteiger partial charge in [0.25, 0.3) is 0 Å². The number of esters is 1. The zero-order valence-corrected chi connectivity index (χ0v) is 12.1. The first-order valence-electron chi connectivity index (χ1n) is 6.46. The first-order chi connectivity index (χ1) is 10.7. The van der Waals surface area contributed by atoms with Crippen molar-refractivity contribution < 1.29 is 23.9 Å². The van der Waals surface area contributed by atoms with Crippen molar-refractivity contribution in [2.45, 2.75) is 12.6 Å². The van der Waals surface area contributed by atoms with E-state index in [9.17, 15) is 14.4 Å². The highest BCUT2D eigenvalue weighted by molar-refractivity contribution is 7.10. The van der Waals surface area contributed by atoms with Crippen molar-refractivity contribution in [3.8, 4) is 0 Å². The maximum atomic E-state index is 12.1. The first-order valence-corrected chi connectivity index (χ1v) is 7.34. The molecule has 0 aliphatic carbocycles. The van der Waals surface area contributed by atoms with Crippen LogP contribution < -0.4 is 0 Å². The molecule has 7 heteroatoms. The third kappa shape index (κ3) is 2.71. The van der Waals surface area contributed by atoms with Crippen molar-refractivity contribution >= 4 is 29.5 Å². The smallest absolute Gasteiger partial charge is 0.428 e. The molecule has 1 saturated heterocycles. The summed E-state index contributed by atoms with van der Waals surface area (Å²) in [7, 11) is 0. The minimum atomic E-state index is -1.07. The summed E-state index contributed by atoms with van der Waals surface area (Å²) in [6, 6.07) is 11.4. The molecule has 2 aromatic rings. The van der Waals surface area contributed by atoms with Crippen LogP contribution in [0.25, 0.3) is 0 Å². The van der Waals surface area contributed by atoms with E-state index in [1.807, 2.05) is 18.2 Å². The SMILES string of the molecule is O=C1OC(=O)N(C(=O)OCc2ccccc2)C1c1cccs1. The summed E-state index contributed by atoms with van der Waals surface area (Å²) >= 11 is 1.26. The van der Waals surface area contributed by atoms with E-state index in [0.717, 1.165) is 5.56 Å². The van der Waals surface area contributed by atoms with Crippen molar-refractivity contribution in [1.29, 1.82) is 0 Å². The predicted molar refractivity (Wildman–Crippen MR) is 77.0 cm³/mol. The summed E-state index contributed by atoms with van der Waals surface area (Å²) in [5, 5.41) is 1.75. The van der Waals surface area contributed by atoms with Gasteiger partial charge < -0.3 is 9.47 Å². The summed E-state index contributed by atoms with van der Waals surface area (Å²) in [6.07, 6.45) is -1.92. The summed E-state index contributed by atoms with van der Waals surface area (Å²) in [6.45, 7) is 0.00873. The molecule has 1 aromatic heterocycles. The van der Waals surface area contributed by atoms with Crippen molar-refractivity contribution in [2.24, 2.45) is 0 Å².